The molecule has 2 atom stereocenters. The van der Waals surface area contributed by atoms with Gasteiger partial charge in [0.1, 0.15) is 11.6 Å². The molecule has 6 heteroatoms. The van der Waals surface area contributed by atoms with Gasteiger partial charge < -0.3 is 15.4 Å². The molecule has 0 spiro atoms. The van der Waals surface area contributed by atoms with Gasteiger partial charge in [-0.05, 0) is 42.0 Å². The summed E-state index contributed by atoms with van der Waals surface area (Å²) in [6.45, 7) is 4.96. The van der Waals surface area contributed by atoms with Crippen LogP contribution in [0.2, 0.25) is 0 Å². The van der Waals surface area contributed by atoms with Gasteiger partial charge in [0.05, 0.1) is 5.41 Å². The number of carbonyl (C=O) groups is 2. The van der Waals surface area contributed by atoms with E-state index in [1.807, 2.05) is 0 Å². The molecule has 1 aromatic carbocycles. The topological polar surface area (TPSA) is 72.6 Å². The van der Waals surface area contributed by atoms with E-state index >= 15 is 0 Å². The lowest BCUT2D eigenvalue weighted by molar-refractivity contribution is -0.148. The Morgan fingerprint density at radius 3 is 2.52 bits per heavy atom. The van der Waals surface area contributed by atoms with Gasteiger partial charge in [0.2, 0.25) is 5.91 Å². The van der Waals surface area contributed by atoms with Crippen molar-refractivity contribution >= 4 is 11.8 Å². The van der Waals surface area contributed by atoms with E-state index in [-0.39, 0.29) is 35.6 Å². The highest BCUT2D eigenvalue weighted by Crippen LogP contribution is 2.62. The average molecular weight is 320 g/mol. The Balaban J connectivity index is 1.63. The number of amides is 2. The minimum Gasteiger partial charge on any atom is -0.484 e. The average Bonchev–Trinajstić information content (AvgIpc) is 2.83. The number of benzene rings is 1. The lowest BCUT2D eigenvalue weighted by Crippen LogP contribution is -2.59. The van der Waals surface area contributed by atoms with E-state index in [1.165, 1.54) is 24.3 Å². The Kier molecular flexibility index (Phi) is 3.58. The van der Waals surface area contributed by atoms with Gasteiger partial charge in [0.25, 0.3) is 5.91 Å². The molecule has 1 heterocycles. The van der Waals surface area contributed by atoms with Gasteiger partial charge in [0, 0.05) is 13.1 Å². The molecule has 1 aliphatic heterocycles. The van der Waals surface area contributed by atoms with Crippen LogP contribution in [0.1, 0.15) is 20.3 Å². The quantitative estimate of drug-likeness (QED) is 0.915. The zero-order valence-corrected chi connectivity index (χ0v) is 13.3. The maximum absolute atomic E-state index is 12.8. The van der Waals surface area contributed by atoms with E-state index in [0.29, 0.717) is 25.3 Å². The molecule has 2 fully saturated rings. The van der Waals surface area contributed by atoms with E-state index in [0.717, 1.165) is 0 Å². The Hall–Kier alpha value is -2.11. The number of carbonyl (C=O) groups excluding carboxylic acids is 2. The lowest BCUT2D eigenvalue weighted by atomic mass is 9.48. The number of nitrogens with two attached hydrogens (primary N) is 1. The van der Waals surface area contributed by atoms with Crippen molar-refractivity contribution in [2.24, 2.45) is 22.5 Å². The van der Waals surface area contributed by atoms with Crippen molar-refractivity contribution in [2.45, 2.75) is 20.3 Å². The summed E-state index contributed by atoms with van der Waals surface area (Å²) in [6, 6.07) is 5.51. The molecule has 0 radical (unpaired) electrons. The zero-order valence-electron chi connectivity index (χ0n) is 13.3. The van der Waals surface area contributed by atoms with Crippen molar-refractivity contribution in [3.63, 3.8) is 0 Å². The molecule has 23 heavy (non-hydrogen) atoms. The molecule has 0 bridgehead atoms. The van der Waals surface area contributed by atoms with Gasteiger partial charge in [-0.25, -0.2) is 4.39 Å². The predicted octanol–water partition coefficient (Wildman–Crippen LogP) is 1.56. The van der Waals surface area contributed by atoms with Crippen molar-refractivity contribution in [1.29, 1.82) is 0 Å². The first kappa shape index (κ1) is 15.8. The van der Waals surface area contributed by atoms with Crippen LogP contribution in [0.3, 0.4) is 0 Å². The molecule has 2 amide bonds. The van der Waals surface area contributed by atoms with Gasteiger partial charge in [-0.3, -0.25) is 9.59 Å². The monoisotopic (exact) mass is 320 g/mol. The third kappa shape index (κ3) is 2.56. The van der Waals surface area contributed by atoms with Gasteiger partial charge in [-0.2, -0.15) is 0 Å². The largest absolute Gasteiger partial charge is 0.484 e. The van der Waals surface area contributed by atoms with Crippen LogP contribution in [-0.2, 0) is 9.59 Å². The molecule has 124 valence electrons. The van der Waals surface area contributed by atoms with Gasteiger partial charge in [0.15, 0.2) is 6.61 Å². The number of halogens is 1. The highest BCUT2D eigenvalue weighted by atomic mass is 19.1. The second-order valence-electron chi connectivity index (χ2n) is 7.26. The number of fused-ring (bicyclic) bond motifs is 1. The molecule has 1 aromatic rings. The number of ether oxygens (including phenoxy) is 1. The standard InChI is InChI=1S/C17H21FN2O3/c1-16(2)9-17(15(19)22)10-20(7-13(16)17)14(21)8-23-12-5-3-11(18)4-6-12/h3-6,13H,7-10H2,1-2H3,(H2,19,22)/t13-,17+/m1/s1. The normalized spacial score (nSPS) is 28.0. The summed E-state index contributed by atoms with van der Waals surface area (Å²) in [6.07, 6.45) is 0.711. The van der Waals surface area contributed by atoms with Crippen LogP contribution in [0.15, 0.2) is 24.3 Å². The number of primary amides is 1. The molecule has 0 unspecified atom stereocenters. The molecular weight excluding hydrogens is 299 g/mol. The first-order valence-electron chi connectivity index (χ1n) is 7.71. The van der Waals surface area contributed by atoms with Crippen LogP contribution >= 0.6 is 0 Å². The number of likely N-dealkylation sites (tertiary alicyclic amines) is 1. The van der Waals surface area contributed by atoms with Crippen molar-refractivity contribution < 1.29 is 18.7 Å². The lowest BCUT2D eigenvalue weighted by Gasteiger charge is -2.54. The molecule has 2 N–H and O–H groups in total. The van der Waals surface area contributed by atoms with Crippen molar-refractivity contribution in [1.82, 2.24) is 4.90 Å². The smallest absolute Gasteiger partial charge is 0.260 e. The molecule has 1 saturated carbocycles. The summed E-state index contributed by atoms with van der Waals surface area (Å²) in [7, 11) is 0. The SMILES string of the molecule is CC1(C)C[C@]2(C(N)=O)CN(C(=O)COc3ccc(F)cc3)C[C@H]12. The fourth-order valence-corrected chi connectivity index (χ4v) is 4.18. The molecule has 2 aliphatic rings. The number of hydrogen-bond acceptors (Lipinski definition) is 3. The summed E-state index contributed by atoms with van der Waals surface area (Å²) in [5, 5.41) is 0. The molecule has 5 nitrogen and oxygen atoms in total. The highest BCUT2D eigenvalue weighted by molar-refractivity contribution is 5.86. The summed E-state index contributed by atoms with van der Waals surface area (Å²) in [5.41, 5.74) is 5.02. The van der Waals surface area contributed by atoms with Crippen molar-refractivity contribution in [3.05, 3.63) is 30.1 Å². The maximum Gasteiger partial charge on any atom is 0.260 e. The first-order chi connectivity index (χ1) is 10.7. The molecule has 1 saturated heterocycles. The van der Waals surface area contributed by atoms with Crippen molar-refractivity contribution in [3.8, 4) is 5.75 Å². The predicted molar refractivity (Wildman–Crippen MR) is 82.0 cm³/mol. The second kappa shape index (κ2) is 5.22. The Morgan fingerprint density at radius 2 is 2.00 bits per heavy atom. The minimum atomic E-state index is -0.588. The van der Waals surface area contributed by atoms with Crippen LogP contribution in [0, 0.1) is 22.6 Å². The van der Waals surface area contributed by atoms with Gasteiger partial charge in [-0.1, -0.05) is 13.8 Å². The fourth-order valence-electron chi connectivity index (χ4n) is 4.18. The maximum atomic E-state index is 12.8. The second-order valence-corrected chi connectivity index (χ2v) is 7.26. The van der Waals surface area contributed by atoms with Crippen LogP contribution < -0.4 is 10.5 Å². The third-order valence-electron chi connectivity index (χ3n) is 5.28. The van der Waals surface area contributed by atoms with E-state index in [4.69, 9.17) is 10.5 Å². The van der Waals surface area contributed by atoms with Crippen LogP contribution in [-0.4, -0.2) is 36.4 Å². The van der Waals surface area contributed by atoms with E-state index in [9.17, 15) is 14.0 Å². The number of rotatable bonds is 4. The summed E-state index contributed by atoms with van der Waals surface area (Å²) < 4.78 is 18.2. The molecule has 3 rings (SSSR count). The Morgan fingerprint density at radius 1 is 1.35 bits per heavy atom. The van der Waals surface area contributed by atoms with Crippen molar-refractivity contribution in [2.75, 3.05) is 19.7 Å². The third-order valence-corrected chi connectivity index (χ3v) is 5.28. The number of nitrogens with zero attached hydrogens (tertiary/aromatic N) is 1. The van der Waals surface area contributed by atoms with Gasteiger partial charge in [-0.15, -0.1) is 0 Å². The summed E-state index contributed by atoms with van der Waals surface area (Å²) >= 11 is 0. The van der Waals surface area contributed by atoms with E-state index < -0.39 is 5.41 Å². The van der Waals surface area contributed by atoms with E-state index in [1.54, 1.807) is 4.90 Å². The molecule has 1 aliphatic carbocycles. The van der Waals surface area contributed by atoms with E-state index in [2.05, 4.69) is 13.8 Å². The first-order valence-corrected chi connectivity index (χ1v) is 7.71. The van der Waals surface area contributed by atoms with Crippen LogP contribution in [0.4, 0.5) is 4.39 Å². The summed E-state index contributed by atoms with van der Waals surface area (Å²) in [4.78, 5) is 25.9. The Labute approximate surface area is 134 Å². The summed E-state index contributed by atoms with van der Waals surface area (Å²) in [5.74, 6) is -0.323. The van der Waals surface area contributed by atoms with Gasteiger partial charge >= 0.3 is 0 Å². The molecular formula is C17H21FN2O3. The highest BCUT2D eigenvalue weighted by Gasteiger charge is 2.66. The van der Waals surface area contributed by atoms with Crippen LogP contribution in [0.5, 0.6) is 5.75 Å². The van der Waals surface area contributed by atoms with Crippen LogP contribution in [0.25, 0.3) is 0 Å². The zero-order chi connectivity index (χ0) is 16.8. The number of hydrogen-bond donors (Lipinski definition) is 1. The fraction of sp³-hybridized carbons (Fsp3) is 0.529. The Bertz CT molecular complexity index is 644. The molecule has 0 aromatic heterocycles. The minimum absolute atomic E-state index is 0.0157.